The van der Waals surface area contributed by atoms with E-state index in [0.717, 1.165) is 18.4 Å². The first-order valence-electron chi connectivity index (χ1n) is 4.06. The Hall–Kier alpha value is -0.250. The second-order valence-corrected chi connectivity index (χ2v) is 3.11. The van der Waals surface area contributed by atoms with Crippen molar-refractivity contribution in [2.24, 2.45) is 7.05 Å². The summed E-state index contributed by atoms with van der Waals surface area (Å²) in [5, 5.41) is 3.42. The van der Waals surface area contributed by atoms with E-state index >= 15 is 0 Å². The van der Waals surface area contributed by atoms with E-state index in [0.29, 0.717) is 0 Å². The zero-order valence-corrected chi connectivity index (χ0v) is 9.20. The Balaban J connectivity index is 0.000000720. The molecule has 0 aliphatic heterocycles. The first kappa shape index (κ1) is 12.8. The molecule has 5 heteroatoms. The highest BCUT2D eigenvalue weighted by atomic mass is 35.5. The molecule has 0 aromatic carbocycles. The molecule has 3 nitrogen and oxygen atoms in total. The summed E-state index contributed by atoms with van der Waals surface area (Å²) in [4.78, 5) is 4.22. The minimum Gasteiger partial charge on any atom is -0.337 e. The largest absolute Gasteiger partial charge is 0.337 e. The lowest BCUT2D eigenvalue weighted by Gasteiger charge is -2.01. The number of nitrogens with one attached hydrogen (secondary N) is 1. The normalized spacial score (nSPS) is 14.5. The van der Waals surface area contributed by atoms with Gasteiger partial charge in [-0.1, -0.05) is 0 Å². The van der Waals surface area contributed by atoms with E-state index in [1.54, 1.807) is 0 Å². The fourth-order valence-electron chi connectivity index (χ4n) is 1.09. The van der Waals surface area contributed by atoms with Gasteiger partial charge in [-0.2, -0.15) is 0 Å². The highest BCUT2D eigenvalue weighted by Crippen LogP contribution is 2.18. The quantitative estimate of drug-likeness (QED) is 0.843. The van der Waals surface area contributed by atoms with Gasteiger partial charge in [0.05, 0.1) is 6.54 Å². The van der Waals surface area contributed by atoms with Gasteiger partial charge in [-0.05, 0) is 12.8 Å². The van der Waals surface area contributed by atoms with E-state index in [-0.39, 0.29) is 24.8 Å². The van der Waals surface area contributed by atoms with Crippen molar-refractivity contribution in [3.05, 3.63) is 18.2 Å². The average molecular weight is 224 g/mol. The predicted octanol–water partition coefficient (Wildman–Crippen LogP) is 1.52. The molecule has 1 fully saturated rings. The van der Waals surface area contributed by atoms with Gasteiger partial charge in [0.25, 0.3) is 0 Å². The van der Waals surface area contributed by atoms with Gasteiger partial charge in [-0.15, -0.1) is 24.8 Å². The summed E-state index contributed by atoms with van der Waals surface area (Å²) in [5.74, 6) is 1.12. The lowest BCUT2D eigenvalue weighted by molar-refractivity contribution is 0.635. The smallest absolute Gasteiger partial charge is 0.122 e. The predicted molar refractivity (Wildman–Crippen MR) is 57.6 cm³/mol. The maximum absolute atomic E-state index is 4.22. The molecule has 1 saturated carbocycles. The van der Waals surface area contributed by atoms with Crippen molar-refractivity contribution < 1.29 is 0 Å². The van der Waals surface area contributed by atoms with Gasteiger partial charge < -0.3 is 9.88 Å². The molecule has 0 unspecified atom stereocenters. The first-order chi connectivity index (χ1) is 5.36. The van der Waals surface area contributed by atoms with Crippen LogP contribution in [0.3, 0.4) is 0 Å². The van der Waals surface area contributed by atoms with E-state index in [1.165, 1.54) is 12.8 Å². The fourth-order valence-corrected chi connectivity index (χ4v) is 1.09. The molecule has 0 spiro atoms. The van der Waals surface area contributed by atoms with Gasteiger partial charge >= 0.3 is 0 Å². The van der Waals surface area contributed by atoms with Gasteiger partial charge in [0.15, 0.2) is 0 Å². The van der Waals surface area contributed by atoms with Crippen LogP contribution >= 0.6 is 24.8 Å². The zero-order valence-electron chi connectivity index (χ0n) is 7.56. The summed E-state index contributed by atoms with van der Waals surface area (Å²) in [6.07, 6.45) is 6.49. The van der Waals surface area contributed by atoms with Crippen molar-refractivity contribution in [3.8, 4) is 0 Å². The number of aromatic nitrogens is 2. The van der Waals surface area contributed by atoms with Gasteiger partial charge in [-0.3, -0.25) is 0 Å². The van der Waals surface area contributed by atoms with Crippen molar-refractivity contribution in [1.29, 1.82) is 0 Å². The van der Waals surface area contributed by atoms with Crippen LogP contribution in [-0.4, -0.2) is 15.6 Å². The summed E-state index contributed by atoms with van der Waals surface area (Å²) >= 11 is 0. The number of hydrogen-bond donors (Lipinski definition) is 1. The van der Waals surface area contributed by atoms with Crippen molar-refractivity contribution in [2.75, 3.05) is 0 Å². The van der Waals surface area contributed by atoms with Crippen LogP contribution in [0.4, 0.5) is 0 Å². The van der Waals surface area contributed by atoms with Crippen LogP contribution in [0.25, 0.3) is 0 Å². The van der Waals surface area contributed by atoms with Crippen molar-refractivity contribution in [1.82, 2.24) is 14.9 Å². The molecule has 1 N–H and O–H groups in total. The Bertz CT molecular complexity index is 245. The number of aryl methyl sites for hydroxylation is 1. The van der Waals surface area contributed by atoms with E-state index < -0.39 is 0 Å². The average Bonchev–Trinajstić information content (AvgIpc) is 2.73. The summed E-state index contributed by atoms with van der Waals surface area (Å²) in [6.45, 7) is 0.911. The van der Waals surface area contributed by atoms with Crippen LogP contribution in [0.5, 0.6) is 0 Å². The van der Waals surface area contributed by atoms with Gasteiger partial charge in [0.2, 0.25) is 0 Å². The molecule has 0 saturated heterocycles. The van der Waals surface area contributed by atoms with Crippen LogP contribution in [0.2, 0.25) is 0 Å². The molecule has 13 heavy (non-hydrogen) atoms. The molecule has 1 aromatic rings. The van der Waals surface area contributed by atoms with E-state index in [9.17, 15) is 0 Å². The van der Waals surface area contributed by atoms with Crippen molar-refractivity contribution in [3.63, 3.8) is 0 Å². The van der Waals surface area contributed by atoms with Gasteiger partial charge in [0.1, 0.15) is 5.82 Å². The monoisotopic (exact) mass is 223 g/mol. The maximum Gasteiger partial charge on any atom is 0.122 e. The Morgan fingerprint density at radius 1 is 1.54 bits per heavy atom. The molecule has 2 rings (SSSR count). The minimum atomic E-state index is 0. The highest BCUT2D eigenvalue weighted by molar-refractivity contribution is 5.85. The van der Waals surface area contributed by atoms with E-state index in [4.69, 9.17) is 0 Å². The summed E-state index contributed by atoms with van der Waals surface area (Å²) in [7, 11) is 2.02. The topological polar surface area (TPSA) is 29.9 Å². The van der Waals surface area contributed by atoms with Crippen LogP contribution in [-0.2, 0) is 13.6 Å². The third kappa shape index (κ3) is 3.55. The van der Waals surface area contributed by atoms with Crippen molar-refractivity contribution >= 4 is 24.8 Å². The molecular weight excluding hydrogens is 209 g/mol. The molecule has 76 valence electrons. The Labute approximate surface area is 90.7 Å². The molecule has 0 atom stereocenters. The van der Waals surface area contributed by atoms with Crippen LogP contribution in [0.1, 0.15) is 18.7 Å². The maximum atomic E-state index is 4.22. The number of halogens is 2. The van der Waals surface area contributed by atoms with E-state index in [2.05, 4.69) is 14.9 Å². The van der Waals surface area contributed by atoms with Crippen LogP contribution in [0, 0.1) is 0 Å². The first-order valence-corrected chi connectivity index (χ1v) is 4.06. The molecule has 1 aliphatic rings. The molecular formula is C8H15Cl2N3. The Morgan fingerprint density at radius 2 is 2.23 bits per heavy atom. The molecule has 0 bridgehead atoms. The third-order valence-electron chi connectivity index (χ3n) is 2.05. The molecule has 1 aliphatic carbocycles. The fraction of sp³-hybridized carbons (Fsp3) is 0.625. The molecule has 1 aromatic heterocycles. The third-order valence-corrected chi connectivity index (χ3v) is 2.05. The SMILES string of the molecule is Cl.Cl.Cn1ccnc1CNC1CC1. The lowest BCUT2D eigenvalue weighted by Crippen LogP contribution is -2.17. The molecule has 1 heterocycles. The highest BCUT2D eigenvalue weighted by Gasteiger charge is 2.20. The van der Waals surface area contributed by atoms with Crippen LogP contribution < -0.4 is 5.32 Å². The van der Waals surface area contributed by atoms with Gasteiger partial charge in [0, 0.05) is 25.5 Å². The van der Waals surface area contributed by atoms with E-state index in [1.807, 2.05) is 19.4 Å². The molecule has 0 amide bonds. The van der Waals surface area contributed by atoms with Gasteiger partial charge in [-0.25, -0.2) is 4.98 Å². The Kier molecular flexibility index (Phi) is 5.37. The summed E-state index contributed by atoms with van der Waals surface area (Å²) in [6, 6.07) is 0.770. The summed E-state index contributed by atoms with van der Waals surface area (Å²) in [5.41, 5.74) is 0. The second kappa shape index (κ2) is 5.47. The standard InChI is InChI=1S/C8H13N3.2ClH/c1-11-5-4-9-8(11)6-10-7-2-3-7;;/h4-5,7,10H,2-3,6H2,1H3;2*1H. The van der Waals surface area contributed by atoms with Crippen LogP contribution in [0.15, 0.2) is 12.4 Å². The Morgan fingerprint density at radius 3 is 2.69 bits per heavy atom. The van der Waals surface area contributed by atoms with Crippen molar-refractivity contribution in [2.45, 2.75) is 25.4 Å². The molecule has 0 radical (unpaired) electrons. The zero-order chi connectivity index (χ0) is 7.68. The number of rotatable bonds is 3. The summed E-state index contributed by atoms with van der Waals surface area (Å²) < 4.78 is 2.05. The number of nitrogens with zero attached hydrogens (tertiary/aromatic N) is 2. The minimum absolute atomic E-state index is 0. The lowest BCUT2D eigenvalue weighted by atomic mass is 10.5. The number of hydrogen-bond acceptors (Lipinski definition) is 2. The second-order valence-electron chi connectivity index (χ2n) is 3.11. The number of imidazole rings is 1.